The van der Waals surface area contributed by atoms with Crippen molar-refractivity contribution in [2.24, 2.45) is 34.5 Å². The lowest BCUT2D eigenvalue weighted by Gasteiger charge is -2.54. The number of fused-ring (bicyclic) bond motifs is 2. The van der Waals surface area contributed by atoms with E-state index in [1.165, 1.54) is 5.57 Å². The van der Waals surface area contributed by atoms with E-state index in [-0.39, 0.29) is 23.4 Å². The molecule has 9 heteroatoms. The summed E-state index contributed by atoms with van der Waals surface area (Å²) in [5.41, 5.74) is -3.42. The Morgan fingerprint density at radius 1 is 0.936 bits per heavy atom. The average Bonchev–Trinajstić information content (AvgIpc) is 3.16. The molecule has 2 N–H and O–H groups in total. The molecule has 1 saturated heterocycles. The minimum Gasteiger partial charge on any atom is -0.456 e. The molecule has 0 aromatic heterocycles. The SMILES string of the molecule is CC1=CC[C@H]2[C@H](CC[C@]2(C)O)C(C)(C)[C@@H]1CC[C@H]1[C@]2(C)CC[C@H](OC(=O)c3ccc(C(F)(F)F)cc3F)C(C)(C)O[C@H]2CC[C@@]1(C)O. The molecule has 1 aromatic carbocycles. The number of carbonyl (C=O) groups is 1. The summed E-state index contributed by atoms with van der Waals surface area (Å²) in [6, 6.07) is 1.81. The number of halogens is 4. The first-order valence-corrected chi connectivity index (χ1v) is 17.4. The Balaban J connectivity index is 1.36. The Morgan fingerprint density at radius 2 is 1.60 bits per heavy atom. The van der Waals surface area contributed by atoms with Gasteiger partial charge in [0.15, 0.2) is 0 Å². The van der Waals surface area contributed by atoms with Crippen molar-refractivity contribution in [1.29, 1.82) is 0 Å². The van der Waals surface area contributed by atoms with Crippen LogP contribution in [0.1, 0.15) is 129 Å². The predicted octanol–water partition coefficient (Wildman–Crippen LogP) is 9.04. The van der Waals surface area contributed by atoms with Gasteiger partial charge in [-0.2, -0.15) is 13.2 Å². The molecule has 0 bridgehead atoms. The lowest BCUT2D eigenvalue weighted by molar-refractivity contribution is -0.206. The Hall–Kier alpha value is -1.97. The van der Waals surface area contributed by atoms with Gasteiger partial charge in [0.25, 0.3) is 0 Å². The molecule has 1 aromatic rings. The van der Waals surface area contributed by atoms with Gasteiger partial charge in [0, 0.05) is 0 Å². The van der Waals surface area contributed by atoms with Crippen molar-refractivity contribution in [2.45, 2.75) is 148 Å². The number of hydrogen-bond donors (Lipinski definition) is 2. The summed E-state index contributed by atoms with van der Waals surface area (Å²) in [5.74, 6) is -1.50. The topological polar surface area (TPSA) is 76.0 Å². The van der Waals surface area contributed by atoms with Gasteiger partial charge in [-0.1, -0.05) is 32.4 Å². The largest absolute Gasteiger partial charge is 0.456 e. The van der Waals surface area contributed by atoms with Crippen LogP contribution in [0.5, 0.6) is 0 Å². The third-order valence-electron chi connectivity index (χ3n) is 13.2. The minimum absolute atomic E-state index is 0.0299. The zero-order valence-electron chi connectivity index (χ0n) is 29.3. The van der Waals surface area contributed by atoms with Gasteiger partial charge in [-0.25, -0.2) is 9.18 Å². The molecule has 3 aliphatic carbocycles. The molecule has 47 heavy (non-hydrogen) atoms. The number of ether oxygens (including phenoxy) is 2. The number of carbonyl (C=O) groups excluding carboxylic acids is 1. The number of allylic oxidation sites excluding steroid dienone is 2. The number of aliphatic hydroxyl groups is 2. The smallest absolute Gasteiger partial charge is 0.416 e. The van der Waals surface area contributed by atoms with E-state index in [9.17, 15) is 32.6 Å². The monoisotopic (exact) mass is 666 g/mol. The summed E-state index contributed by atoms with van der Waals surface area (Å²) >= 11 is 0. The summed E-state index contributed by atoms with van der Waals surface area (Å²) in [7, 11) is 0. The molecule has 4 aliphatic rings. The molecule has 5 rings (SSSR count). The van der Waals surface area contributed by atoms with Gasteiger partial charge in [-0.05, 0) is 145 Å². The summed E-state index contributed by atoms with van der Waals surface area (Å²) in [6.07, 6.45) is 3.14. The van der Waals surface area contributed by atoms with Crippen molar-refractivity contribution in [2.75, 3.05) is 0 Å². The minimum atomic E-state index is -4.73. The fraction of sp³-hybridized carbons (Fsp3) is 0.763. The van der Waals surface area contributed by atoms with Crippen molar-refractivity contribution >= 4 is 5.97 Å². The van der Waals surface area contributed by atoms with Crippen LogP contribution in [0.25, 0.3) is 0 Å². The molecule has 0 radical (unpaired) electrons. The van der Waals surface area contributed by atoms with Crippen LogP contribution in [0.15, 0.2) is 29.8 Å². The fourth-order valence-corrected chi connectivity index (χ4v) is 10.3. The van der Waals surface area contributed by atoms with E-state index in [1.807, 2.05) is 27.7 Å². The highest BCUT2D eigenvalue weighted by Crippen LogP contribution is 2.60. The van der Waals surface area contributed by atoms with Gasteiger partial charge in [0.1, 0.15) is 11.9 Å². The highest BCUT2D eigenvalue weighted by molar-refractivity contribution is 5.90. The molecule has 1 heterocycles. The molecule has 0 amide bonds. The summed E-state index contributed by atoms with van der Waals surface area (Å²) in [5, 5.41) is 23.1. The zero-order chi connectivity index (χ0) is 35.0. The number of hydrogen-bond acceptors (Lipinski definition) is 5. The van der Waals surface area contributed by atoms with Crippen LogP contribution in [0.3, 0.4) is 0 Å². The summed E-state index contributed by atoms with van der Waals surface area (Å²) in [4.78, 5) is 13.1. The number of rotatable bonds is 5. The number of benzene rings is 1. The van der Waals surface area contributed by atoms with E-state index < -0.39 is 57.4 Å². The Bertz CT molecular complexity index is 1380. The summed E-state index contributed by atoms with van der Waals surface area (Å²) in [6.45, 7) is 16.6. The second-order valence-corrected chi connectivity index (χ2v) is 17.0. The van der Waals surface area contributed by atoms with Gasteiger partial charge in [-0.3, -0.25) is 0 Å². The maximum absolute atomic E-state index is 14.7. The first-order chi connectivity index (χ1) is 21.5. The van der Waals surface area contributed by atoms with Crippen molar-refractivity contribution in [1.82, 2.24) is 0 Å². The van der Waals surface area contributed by atoms with Crippen LogP contribution in [-0.2, 0) is 15.7 Å². The van der Waals surface area contributed by atoms with E-state index in [4.69, 9.17) is 9.47 Å². The van der Waals surface area contributed by atoms with Crippen LogP contribution in [0, 0.1) is 40.3 Å². The van der Waals surface area contributed by atoms with E-state index in [2.05, 4.69) is 33.8 Å². The van der Waals surface area contributed by atoms with E-state index in [0.717, 1.165) is 38.2 Å². The van der Waals surface area contributed by atoms with Crippen LogP contribution in [0.2, 0.25) is 0 Å². The van der Waals surface area contributed by atoms with Crippen molar-refractivity contribution in [3.05, 3.63) is 46.8 Å². The molecule has 264 valence electrons. The maximum atomic E-state index is 14.7. The second kappa shape index (κ2) is 12.1. The van der Waals surface area contributed by atoms with Gasteiger partial charge in [0.2, 0.25) is 0 Å². The summed E-state index contributed by atoms with van der Waals surface area (Å²) < 4.78 is 66.5. The van der Waals surface area contributed by atoms with E-state index in [0.29, 0.717) is 49.7 Å². The van der Waals surface area contributed by atoms with Crippen molar-refractivity contribution in [3.63, 3.8) is 0 Å². The lowest BCUT2D eigenvalue weighted by atomic mass is 9.55. The van der Waals surface area contributed by atoms with Gasteiger partial charge in [-0.15, -0.1) is 0 Å². The molecule has 3 fully saturated rings. The van der Waals surface area contributed by atoms with E-state index >= 15 is 0 Å². The highest BCUT2D eigenvalue weighted by atomic mass is 19.4. The normalized spacial score (nSPS) is 40.0. The van der Waals surface area contributed by atoms with Crippen LogP contribution < -0.4 is 0 Å². The van der Waals surface area contributed by atoms with Crippen LogP contribution >= 0.6 is 0 Å². The van der Waals surface area contributed by atoms with Crippen molar-refractivity contribution in [3.8, 4) is 0 Å². The van der Waals surface area contributed by atoms with Gasteiger partial charge < -0.3 is 19.7 Å². The van der Waals surface area contributed by atoms with Crippen LogP contribution in [-0.4, -0.2) is 45.2 Å². The molecular formula is C38H54F4O5. The third-order valence-corrected chi connectivity index (χ3v) is 13.2. The average molecular weight is 667 g/mol. The lowest BCUT2D eigenvalue weighted by Crippen LogP contribution is -2.56. The molecule has 9 atom stereocenters. The second-order valence-electron chi connectivity index (χ2n) is 17.0. The molecular weight excluding hydrogens is 612 g/mol. The first kappa shape index (κ1) is 36.3. The standard InChI is InChI=1S/C38H54F4O5/c1-22-9-12-27-26(15-19-36(27,7)44)33(2,3)25(22)13-14-29-35(6)18-16-30(34(4,5)47-31(35)17-20-37(29,8)45)46-32(43)24-11-10-23(21-28(24)39)38(40,41)42/h9-11,21,25-27,29-31,44-45H,12-20H2,1-8H3/t25-,26+,27+,29+,30+,31+,35+,36+,37-/m1/s1. The molecule has 0 unspecified atom stereocenters. The maximum Gasteiger partial charge on any atom is 0.416 e. The Kier molecular flexibility index (Phi) is 9.36. The number of esters is 1. The first-order valence-electron chi connectivity index (χ1n) is 17.4. The molecule has 0 spiro atoms. The predicted molar refractivity (Wildman–Crippen MR) is 172 cm³/mol. The quantitative estimate of drug-likeness (QED) is 0.186. The highest BCUT2D eigenvalue weighted by Gasteiger charge is 2.58. The molecule has 1 aliphatic heterocycles. The van der Waals surface area contributed by atoms with E-state index in [1.54, 1.807) is 0 Å². The zero-order valence-corrected chi connectivity index (χ0v) is 29.3. The van der Waals surface area contributed by atoms with Crippen molar-refractivity contribution < 1.29 is 42.0 Å². The van der Waals surface area contributed by atoms with Gasteiger partial charge in [0.05, 0.1) is 34.0 Å². The number of alkyl halides is 3. The van der Waals surface area contributed by atoms with Crippen LogP contribution in [0.4, 0.5) is 17.6 Å². The fourth-order valence-electron chi connectivity index (χ4n) is 10.3. The Morgan fingerprint density at radius 3 is 2.23 bits per heavy atom. The van der Waals surface area contributed by atoms with Gasteiger partial charge >= 0.3 is 12.1 Å². The Labute approximate surface area is 277 Å². The molecule has 2 saturated carbocycles. The molecule has 5 nitrogen and oxygen atoms in total. The third kappa shape index (κ3) is 6.66.